The van der Waals surface area contributed by atoms with E-state index in [-0.39, 0.29) is 11.0 Å². The smallest absolute Gasteiger partial charge is 0.422 e. The van der Waals surface area contributed by atoms with Gasteiger partial charge in [-0.1, -0.05) is 11.6 Å². The Morgan fingerprint density at radius 2 is 2.00 bits per heavy atom. The second-order valence-corrected chi connectivity index (χ2v) is 7.01. The van der Waals surface area contributed by atoms with Gasteiger partial charge in [0.15, 0.2) is 12.8 Å². The number of hydrogen-bond acceptors (Lipinski definition) is 3. The molecule has 0 radical (unpaired) electrons. The van der Waals surface area contributed by atoms with Gasteiger partial charge in [-0.05, 0) is 49.4 Å². The maximum atomic E-state index is 12.4. The fourth-order valence-corrected chi connectivity index (χ4v) is 3.30. The lowest BCUT2D eigenvalue weighted by atomic mass is 10.1. The first-order valence-electron chi connectivity index (χ1n) is 7.01. The maximum absolute atomic E-state index is 12.4. The molecule has 2 aromatic rings. The van der Waals surface area contributed by atoms with E-state index < -0.39 is 12.8 Å². The van der Waals surface area contributed by atoms with Crippen LogP contribution in [-0.4, -0.2) is 12.8 Å². The van der Waals surface area contributed by atoms with Crippen molar-refractivity contribution in [3.63, 3.8) is 0 Å². The van der Waals surface area contributed by atoms with Gasteiger partial charge < -0.3 is 9.94 Å². The van der Waals surface area contributed by atoms with Crippen molar-refractivity contribution in [2.24, 2.45) is 0 Å². The number of aromatic nitrogens is 1. The molecule has 2 rings (SSSR count). The van der Waals surface area contributed by atoms with Gasteiger partial charge in [-0.2, -0.15) is 17.9 Å². The predicted octanol–water partition coefficient (Wildman–Crippen LogP) is 5.08. The van der Waals surface area contributed by atoms with E-state index in [1.807, 2.05) is 6.92 Å². The molecule has 1 aromatic carbocycles. The van der Waals surface area contributed by atoms with Gasteiger partial charge >= 0.3 is 6.18 Å². The lowest BCUT2D eigenvalue weighted by Gasteiger charge is -2.17. The van der Waals surface area contributed by atoms with Crippen molar-refractivity contribution >= 4 is 23.4 Å². The van der Waals surface area contributed by atoms with Crippen LogP contribution in [0.3, 0.4) is 0 Å². The standard InChI is InChI=1S/C16H15ClF3NO2S/c1-10-5-6-21(22)15(7-10)24-11(2)13-8-12(17)3-4-14(13)23-9-16(18,19)20/h3-8,11H,9H2,1-2H3. The number of halogens is 4. The molecule has 130 valence electrons. The first kappa shape index (κ1) is 18.7. The zero-order valence-electron chi connectivity index (χ0n) is 12.9. The summed E-state index contributed by atoms with van der Waals surface area (Å²) in [5.74, 6) is 0.0989. The molecule has 0 spiro atoms. The number of nitrogens with zero attached hydrogens (tertiary/aromatic N) is 1. The molecule has 0 N–H and O–H groups in total. The van der Waals surface area contributed by atoms with E-state index >= 15 is 0 Å². The van der Waals surface area contributed by atoms with Crippen molar-refractivity contribution in [1.82, 2.24) is 0 Å². The van der Waals surface area contributed by atoms with E-state index in [0.717, 1.165) is 10.3 Å². The highest BCUT2D eigenvalue weighted by molar-refractivity contribution is 7.99. The van der Waals surface area contributed by atoms with Gasteiger partial charge in [-0.15, -0.1) is 0 Å². The number of ether oxygens (including phenoxy) is 1. The average molecular weight is 378 g/mol. The molecule has 1 heterocycles. The Bertz CT molecular complexity index is 725. The van der Waals surface area contributed by atoms with Crippen molar-refractivity contribution in [2.75, 3.05) is 6.61 Å². The third-order valence-corrected chi connectivity index (χ3v) is 4.52. The largest absolute Gasteiger partial charge is 0.618 e. The zero-order chi connectivity index (χ0) is 17.9. The van der Waals surface area contributed by atoms with E-state index in [0.29, 0.717) is 15.6 Å². The van der Waals surface area contributed by atoms with Crippen LogP contribution >= 0.6 is 23.4 Å². The number of alkyl halides is 3. The minimum atomic E-state index is -4.43. The Labute approximate surface area is 147 Å². The molecule has 0 fully saturated rings. The summed E-state index contributed by atoms with van der Waals surface area (Å²) < 4.78 is 42.8. The van der Waals surface area contributed by atoms with Crippen LogP contribution < -0.4 is 9.47 Å². The number of thioether (sulfide) groups is 1. The van der Waals surface area contributed by atoms with Crippen molar-refractivity contribution in [3.8, 4) is 5.75 Å². The Hall–Kier alpha value is -1.60. The lowest BCUT2D eigenvalue weighted by Crippen LogP contribution is -2.28. The van der Waals surface area contributed by atoms with Crippen LogP contribution in [-0.2, 0) is 0 Å². The van der Waals surface area contributed by atoms with Gasteiger partial charge in [-0.25, -0.2) is 0 Å². The summed E-state index contributed by atoms with van der Waals surface area (Å²) in [6.45, 7) is 2.25. The summed E-state index contributed by atoms with van der Waals surface area (Å²) in [7, 11) is 0. The fraction of sp³-hybridized carbons (Fsp3) is 0.312. The molecule has 0 aliphatic heterocycles. The Kier molecular flexibility index (Phi) is 5.87. The van der Waals surface area contributed by atoms with Crippen LogP contribution in [0, 0.1) is 12.1 Å². The number of pyridine rings is 1. The molecule has 0 saturated carbocycles. The van der Waals surface area contributed by atoms with Crippen LogP contribution in [0.25, 0.3) is 0 Å². The maximum Gasteiger partial charge on any atom is 0.422 e. The normalized spacial score (nSPS) is 12.9. The summed E-state index contributed by atoms with van der Waals surface area (Å²) >= 11 is 7.18. The minimum absolute atomic E-state index is 0.0989. The second kappa shape index (κ2) is 7.53. The summed E-state index contributed by atoms with van der Waals surface area (Å²) in [6.07, 6.45) is -3.04. The van der Waals surface area contributed by atoms with Crippen molar-refractivity contribution in [3.05, 3.63) is 57.9 Å². The molecule has 24 heavy (non-hydrogen) atoms. The zero-order valence-corrected chi connectivity index (χ0v) is 14.5. The average Bonchev–Trinajstić information content (AvgIpc) is 2.48. The number of rotatable bonds is 5. The molecule has 0 saturated heterocycles. The molecule has 0 bridgehead atoms. The molecule has 1 aromatic heterocycles. The van der Waals surface area contributed by atoms with Crippen molar-refractivity contribution in [2.45, 2.75) is 30.3 Å². The highest BCUT2D eigenvalue weighted by atomic mass is 35.5. The van der Waals surface area contributed by atoms with Gasteiger partial charge in [0.2, 0.25) is 0 Å². The number of aryl methyl sites for hydroxylation is 1. The topological polar surface area (TPSA) is 36.2 Å². The van der Waals surface area contributed by atoms with E-state index in [9.17, 15) is 18.4 Å². The SMILES string of the molecule is Cc1cc[n+]([O-])c(SC(C)c2cc(Cl)ccc2OCC(F)(F)F)c1. The summed E-state index contributed by atoms with van der Waals surface area (Å²) in [6, 6.07) is 7.82. The van der Waals surface area contributed by atoms with E-state index in [2.05, 4.69) is 0 Å². The number of hydrogen-bond donors (Lipinski definition) is 0. The quantitative estimate of drug-likeness (QED) is 0.414. The Balaban J connectivity index is 2.25. The van der Waals surface area contributed by atoms with Crippen LogP contribution in [0.1, 0.15) is 23.3 Å². The fourth-order valence-electron chi connectivity index (χ4n) is 2.02. The van der Waals surface area contributed by atoms with Gasteiger partial charge in [0.25, 0.3) is 5.03 Å². The second-order valence-electron chi connectivity index (χ2n) is 5.21. The molecule has 1 atom stereocenters. The van der Waals surface area contributed by atoms with Crippen LogP contribution in [0.4, 0.5) is 13.2 Å². The first-order chi connectivity index (χ1) is 11.2. The van der Waals surface area contributed by atoms with E-state index in [4.69, 9.17) is 16.3 Å². The summed E-state index contributed by atoms with van der Waals surface area (Å²) in [5.41, 5.74) is 1.41. The third-order valence-electron chi connectivity index (χ3n) is 3.14. The van der Waals surface area contributed by atoms with E-state index in [1.54, 1.807) is 25.1 Å². The molecule has 1 unspecified atom stereocenters. The number of benzene rings is 1. The minimum Gasteiger partial charge on any atom is -0.618 e. The highest BCUT2D eigenvalue weighted by Gasteiger charge is 2.29. The summed E-state index contributed by atoms with van der Waals surface area (Å²) in [4.78, 5) is 0. The Morgan fingerprint density at radius 3 is 2.67 bits per heavy atom. The van der Waals surface area contributed by atoms with Gasteiger partial charge in [0.1, 0.15) is 5.75 Å². The van der Waals surface area contributed by atoms with Crippen molar-refractivity contribution in [1.29, 1.82) is 0 Å². The van der Waals surface area contributed by atoms with Gasteiger partial charge in [-0.3, -0.25) is 0 Å². The molecule has 0 aliphatic rings. The molecule has 0 amide bonds. The molecule has 3 nitrogen and oxygen atoms in total. The van der Waals surface area contributed by atoms with Crippen LogP contribution in [0.2, 0.25) is 5.02 Å². The monoisotopic (exact) mass is 377 g/mol. The predicted molar refractivity (Wildman–Crippen MR) is 87.4 cm³/mol. The third kappa shape index (κ3) is 5.21. The highest BCUT2D eigenvalue weighted by Crippen LogP contribution is 2.39. The molecular formula is C16H15ClF3NO2S. The van der Waals surface area contributed by atoms with Gasteiger partial charge in [0.05, 0.1) is 0 Å². The molecule has 8 heteroatoms. The lowest BCUT2D eigenvalue weighted by molar-refractivity contribution is -0.645. The Morgan fingerprint density at radius 1 is 1.29 bits per heavy atom. The molecular weight excluding hydrogens is 363 g/mol. The first-order valence-corrected chi connectivity index (χ1v) is 8.27. The summed E-state index contributed by atoms with van der Waals surface area (Å²) in [5, 5.41) is 12.3. The van der Waals surface area contributed by atoms with E-state index in [1.165, 1.54) is 30.1 Å². The van der Waals surface area contributed by atoms with Crippen LogP contribution in [0.5, 0.6) is 5.75 Å². The van der Waals surface area contributed by atoms with Gasteiger partial charge in [0, 0.05) is 28.0 Å². The van der Waals surface area contributed by atoms with Crippen molar-refractivity contribution < 1.29 is 22.6 Å². The van der Waals surface area contributed by atoms with Crippen LogP contribution in [0.15, 0.2) is 41.6 Å². The molecule has 0 aliphatic carbocycles.